The maximum atomic E-state index is 11.8. The Morgan fingerprint density at radius 2 is 1.94 bits per heavy atom. The molecule has 0 saturated heterocycles. The van der Waals surface area contributed by atoms with Crippen LogP contribution in [0.4, 0.5) is 0 Å². The highest BCUT2D eigenvalue weighted by Gasteiger charge is 2.24. The number of carbonyl (C=O) groups is 1. The van der Waals surface area contributed by atoms with Crippen molar-refractivity contribution in [3.05, 3.63) is 35.9 Å². The van der Waals surface area contributed by atoms with Gasteiger partial charge < -0.3 is 10.4 Å². The topological polar surface area (TPSA) is 49.3 Å². The van der Waals surface area contributed by atoms with Crippen LogP contribution in [0, 0.1) is 0 Å². The number of aliphatic hydroxyl groups is 1. The number of benzene rings is 1. The molecule has 0 unspecified atom stereocenters. The van der Waals surface area contributed by atoms with Crippen molar-refractivity contribution >= 4 is 5.91 Å². The molecule has 3 nitrogen and oxygen atoms in total. The van der Waals surface area contributed by atoms with Crippen LogP contribution in [0.5, 0.6) is 0 Å². The number of aliphatic hydroxyl groups excluding tert-OH is 1. The molecule has 0 aliphatic heterocycles. The maximum absolute atomic E-state index is 11.8. The number of nitrogens with one attached hydrogen (secondary N) is 1. The molecule has 1 amide bonds. The SMILES string of the molecule is C[C@@H](CO)NC(=O)CC(C)(C)c1ccccc1. The molecule has 17 heavy (non-hydrogen) atoms. The van der Waals surface area contributed by atoms with Crippen molar-refractivity contribution < 1.29 is 9.90 Å². The quantitative estimate of drug-likeness (QED) is 0.818. The number of hydrogen-bond acceptors (Lipinski definition) is 2. The summed E-state index contributed by atoms with van der Waals surface area (Å²) in [5, 5.41) is 11.7. The van der Waals surface area contributed by atoms with E-state index in [-0.39, 0.29) is 24.0 Å². The first kappa shape index (κ1) is 13.7. The molecule has 0 aliphatic rings. The minimum atomic E-state index is -0.194. The summed E-state index contributed by atoms with van der Waals surface area (Å²) < 4.78 is 0. The van der Waals surface area contributed by atoms with Crippen molar-refractivity contribution in [2.45, 2.75) is 38.6 Å². The summed E-state index contributed by atoms with van der Waals surface area (Å²) in [6.45, 7) is 5.85. The molecular weight excluding hydrogens is 214 g/mol. The summed E-state index contributed by atoms with van der Waals surface area (Å²) in [5.74, 6) is -0.0274. The smallest absolute Gasteiger partial charge is 0.221 e. The van der Waals surface area contributed by atoms with Gasteiger partial charge in [-0.25, -0.2) is 0 Å². The Labute approximate surface area is 103 Å². The second-order valence-electron chi connectivity index (χ2n) is 5.08. The van der Waals surface area contributed by atoms with Gasteiger partial charge in [-0.3, -0.25) is 4.79 Å². The zero-order valence-electron chi connectivity index (χ0n) is 10.7. The van der Waals surface area contributed by atoms with Gasteiger partial charge in [-0.2, -0.15) is 0 Å². The van der Waals surface area contributed by atoms with Crippen LogP contribution < -0.4 is 5.32 Å². The van der Waals surface area contributed by atoms with Crippen molar-refractivity contribution in [3.8, 4) is 0 Å². The summed E-state index contributed by atoms with van der Waals surface area (Å²) in [6.07, 6.45) is 0.418. The Morgan fingerprint density at radius 3 is 2.47 bits per heavy atom. The van der Waals surface area contributed by atoms with Crippen LogP contribution in [0.1, 0.15) is 32.8 Å². The fraction of sp³-hybridized carbons (Fsp3) is 0.500. The first-order valence-electron chi connectivity index (χ1n) is 5.91. The summed E-state index contributed by atoms with van der Waals surface area (Å²) >= 11 is 0. The molecule has 3 heteroatoms. The summed E-state index contributed by atoms with van der Waals surface area (Å²) in [4.78, 5) is 11.8. The molecule has 0 radical (unpaired) electrons. The van der Waals surface area contributed by atoms with E-state index in [1.54, 1.807) is 6.92 Å². The van der Waals surface area contributed by atoms with Gasteiger partial charge in [0.2, 0.25) is 5.91 Å². The lowest BCUT2D eigenvalue weighted by Crippen LogP contribution is -2.38. The van der Waals surface area contributed by atoms with Gasteiger partial charge in [-0.05, 0) is 17.9 Å². The summed E-state index contributed by atoms with van der Waals surface area (Å²) in [5.41, 5.74) is 0.951. The van der Waals surface area contributed by atoms with Crippen LogP contribution in [0.2, 0.25) is 0 Å². The Kier molecular flexibility index (Phi) is 4.70. The molecule has 1 aromatic rings. The van der Waals surface area contributed by atoms with Crippen LogP contribution in [-0.4, -0.2) is 23.7 Å². The van der Waals surface area contributed by atoms with Crippen LogP contribution in [0.3, 0.4) is 0 Å². The van der Waals surface area contributed by atoms with Crippen molar-refractivity contribution in [1.29, 1.82) is 0 Å². The van der Waals surface area contributed by atoms with Gasteiger partial charge in [0, 0.05) is 12.5 Å². The first-order valence-corrected chi connectivity index (χ1v) is 5.91. The van der Waals surface area contributed by atoms with E-state index in [0.717, 1.165) is 5.56 Å². The largest absolute Gasteiger partial charge is 0.394 e. The van der Waals surface area contributed by atoms with Crippen LogP contribution in [-0.2, 0) is 10.2 Å². The highest BCUT2D eigenvalue weighted by Crippen LogP contribution is 2.26. The van der Waals surface area contributed by atoms with Crippen LogP contribution >= 0.6 is 0 Å². The highest BCUT2D eigenvalue weighted by atomic mass is 16.3. The molecule has 0 saturated carbocycles. The predicted octanol–water partition coefficient (Wildman–Crippen LogP) is 1.85. The minimum Gasteiger partial charge on any atom is -0.394 e. The van der Waals surface area contributed by atoms with Crippen molar-refractivity contribution in [2.24, 2.45) is 0 Å². The van der Waals surface area contributed by atoms with E-state index in [0.29, 0.717) is 6.42 Å². The Balaban J connectivity index is 2.64. The maximum Gasteiger partial charge on any atom is 0.221 e. The van der Waals surface area contributed by atoms with Gasteiger partial charge >= 0.3 is 0 Å². The first-order chi connectivity index (χ1) is 7.95. The molecule has 94 valence electrons. The standard InChI is InChI=1S/C14H21NO2/c1-11(10-16)15-13(17)9-14(2,3)12-7-5-4-6-8-12/h4-8,11,16H,9-10H2,1-3H3,(H,15,17)/t11-/m0/s1. The Morgan fingerprint density at radius 1 is 1.35 bits per heavy atom. The second-order valence-corrected chi connectivity index (χ2v) is 5.08. The van der Waals surface area contributed by atoms with Gasteiger partial charge in [0.1, 0.15) is 0 Å². The van der Waals surface area contributed by atoms with Gasteiger partial charge in [0.05, 0.1) is 6.61 Å². The Hall–Kier alpha value is -1.35. The zero-order valence-corrected chi connectivity index (χ0v) is 10.7. The average molecular weight is 235 g/mol. The molecular formula is C14H21NO2. The molecule has 0 fully saturated rings. The number of rotatable bonds is 5. The van der Waals surface area contributed by atoms with E-state index in [9.17, 15) is 4.79 Å². The molecule has 0 bridgehead atoms. The molecule has 0 spiro atoms. The zero-order chi connectivity index (χ0) is 12.9. The molecule has 1 aromatic carbocycles. The van der Waals surface area contributed by atoms with Crippen LogP contribution in [0.25, 0.3) is 0 Å². The fourth-order valence-electron chi connectivity index (χ4n) is 1.76. The number of carbonyl (C=O) groups excluding carboxylic acids is 1. The molecule has 0 aromatic heterocycles. The average Bonchev–Trinajstić information content (AvgIpc) is 2.29. The van der Waals surface area contributed by atoms with E-state index in [4.69, 9.17) is 5.11 Å². The second kappa shape index (κ2) is 5.82. The summed E-state index contributed by atoms with van der Waals surface area (Å²) in [7, 11) is 0. The highest BCUT2D eigenvalue weighted by molar-refractivity contribution is 5.77. The fourth-order valence-corrected chi connectivity index (χ4v) is 1.76. The molecule has 0 heterocycles. The van der Waals surface area contributed by atoms with E-state index < -0.39 is 0 Å². The monoisotopic (exact) mass is 235 g/mol. The lowest BCUT2D eigenvalue weighted by molar-refractivity contribution is -0.123. The lowest BCUT2D eigenvalue weighted by atomic mass is 9.81. The van der Waals surface area contributed by atoms with E-state index in [1.165, 1.54) is 0 Å². The van der Waals surface area contributed by atoms with Gasteiger partial charge in [0.25, 0.3) is 0 Å². The molecule has 1 atom stereocenters. The summed E-state index contributed by atoms with van der Waals surface area (Å²) in [6, 6.07) is 9.80. The van der Waals surface area contributed by atoms with Gasteiger partial charge in [0.15, 0.2) is 0 Å². The minimum absolute atomic E-state index is 0.0274. The third-order valence-electron chi connectivity index (χ3n) is 2.84. The van der Waals surface area contributed by atoms with E-state index in [1.807, 2.05) is 44.2 Å². The number of amides is 1. The van der Waals surface area contributed by atoms with E-state index in [2.05, 4.69) is 5.32 Å². The van der Waals surface area contributed by atoms with Crippen molar-refractivity contribution in [3.63, 3.8) is 0 Å². The third kappa shape index (κ3) is 4.19. The molecule has 2 N–H and O–H groups in total. The van der Waals surface area contributed by atoms with Crippen molar-refractivity contribution in [2.75, 3.05) is 6.61 Å². The normalized spacial score (nSPS) is 13.2. The Bertz CT molecular complexity index is 360. The van der Waals surface area contributed by atoms with Crippen LogP contribution in [0.15, 0.2) is 30.3 Å². The number of hydrogen-bond donors (Lipinski definition) is 2. The van der Waals surface area contributed by atoms with Gasteiger partial charge in [-0.1, -0.05) is 44.2 Å². The molecule has 0 aliphatic carbocycles. The third-order valence-corrected chi connectivity index (χ3v) is 2.84. The van der Waals surface area contributed by atoms with Crippen molar-refractivity contribution in [1.82, 2.24) is 5.32 Å². The molecule has 1 rings (SSSR count). The predicted molar refractivity (Wildman–Crippen MR) is 68.8 cm³/mol. The lowest BCUT2D eigenvalue weighted by Gasteiger charge is -2.25. The van der Waals surface area contributed by atoms with Gasteiger partial charge in [-0.15, -0.1) is 0 Å². The van der Waals surface area contributed by atoms with E-state index >= 15 is 0 Å².